The maximum atomic E-state index is 11.9. The van der Waals surface area contributed by atoms with E-state index in [1.165, 1.54) is 0 Å². The lowest BCUT2D eigenvalue weighted by molar-refractivity contribution is -0.134. The smallest absolute Gasteiger partial charge is 0.253 e. The van der Waals surface area contributed by atoms with Gasteiger partial charge in [-0.05, 0) is 24.5 Å². The highest BCUT2D eigenvalue weighted by Gasteiger charge is 2.26. The molecule has 0 aromatic heterocycles. The SMILES string of the molecule is CC(O)CNC(=O)C1OCCc2ccccc21. The van der Waals surface area contributed by atoms with Crippen LogP contribution >= 0.6 is 0 Å². The van der Waals surface area contributed by atoms with Crippen LogP contribution in [0.3, 0.4) is 0 Å². The van der Waals surface area contributed by atoms with E-state index in [0.29, 0.717) is 6.61 Å². The molecule has 17 heavy (non-hydrogen) atoms. The molecule has 0 saturated heterocycles. The van der Waals surface area contributed by atoms with Gasteiger partial charge in [0.1, 0.15) is 0 Å². The minimum Gasteiger partial charge on any atom is -0.392 e. The molecule has 2 atom stereocenters. The molecular weight excluding hydrogens is 218 g/mol. The number of amides is 1. The summed E-state index contributed by atoms with van der Waals surface area (Å²) in [7, 11) is 0. The maximum Gasteiger partial charge on any atom is 0.253 e. The van der Waals surface area contributed by atoms with Crippen LogP contribution in [-0.4, -0.2) is 30.3 Å². The van der Waals surface area contributed by atoms with Gasteiger partial charge in [0.15, 0.2) is 6.10 Å². The standard InChI is InChI=1S/C13H17NO3/c1-9(15)8-14-13(16)12-11-5-3-2-4-10(11)6-7-17-12/h2-5,9,12,15H,6-8H2,1H3,(H,14,16). The summed E-state index contributed by atoms with van der Waals surface area (Å²) in [5, 5.41) is 11.8. The average Bonchev–Trinajstić information content (AvgIpc) is 2.35. The number of rotatable bonds is 3. The van der Waals surface area contributed by atoms with Gasteiger partial charge in [-0.2, -0.15) is 0 Å². The van der Waals surface area contributed by atoms with Crippen molar-refractivity contribution in [3.8, 4) is 0 Å². The highest BCUT2D eigenvalue weighted by atomic mass is 16.5. The minimum atomic E-state index is -0.544. The van der Waals surface area contributed by atoms with Crippen LogP contribution in [0, 0.1) is 0 Å². The summed E-state index contributed by atoms with van der Waals surface area (Å²) < 4.78 is 5.50. The molecule has 0 radical (unpaired) electrons. The molecule has 0 fully saturated rings. The maximum absolute atomic E-state index is 11.9. The zero-order chi connectivity index (χ0) is 12.3. The fraction of sp³-hybridized carbons (Fsp3) is 0.462. The number of benzene rings is 1. The number of carbonyl (C=O) groups is 1. The van der Waals surface area contributed by atoms with Gasteiger partial charge in [-0.3, -0.25) is 4.79 Å². The van der Waals surface area contributed by atoms with Crippen molar-refractivity contribution in [2.75, 3.05) is 13.2 Å². The molecule has 1 amide bonds. The molecule has 2 N–H and O–H groups in total. The Balaban J connectivity index is 2.10. The molecule has 0 aliphatic carbocycles. The van der Waals surface area contributed by atoms with Crippen LogP contribution in [0.25, 0.3) is 0 Å². The Morgan fingerprint density at radius 1 is 1.59 bits per heavy atom. The Morgan fingerprint density at radius 3 is 3.12 bits per heavy atom. The monoisotopic (exact) mass is 235 g/mol. The summed E-state index contributed by atoms with van der Waals surface area (Å²) in [5.41, 5.74) is 2.10. The first-order valence-corrected chi connectivity index (χ1v) is 5.83. The molecule has 92 valence electrons. The molecule has 0 saturated carbocycles. The third-order valence-corrected chi connectivity index (χ3v) is 2.80. The molecule has 4 heteroatoms. The van der Waals surface area contributed by atoms with Gasteiger partial charge in [0.25, 0.3) is 5.91 Å². The lowest BCUT2D eigenvalue weighted by Crippen LogP contribution is -2.37. The highest BCUT2D eigenvalue weighted by Crippen LogP contribution is 2.26. The lowest BCUT2D eigenvalue weighted by atomic mass is 9.97. The van der Waals surface area contributed by atoms with Gasteiger partial charge < -0.3 is 15.2 Å². The van der Waals surface area contributed by atoms with Crippen molar-refractivity contribution in [1.82, 2.24) is 5.32 Å². The second-order valence-electron chi connectivity index (χ2n) is 4.29. The van der Waals surface area contributed by atoms with Gasteiger partial charge in [-0.1, -0.05) is 24.3 Å². The van der Waals surface area contributed by atoms with E-state index in [1.54, 1.807) is 6.92 Å². The summed E-state index contributed by atoms with van der Waals surface area (Å²) >= 11 is 0. The number of aliphatic hydroxyl groups is 1. The molecule has 1 aromatic rings. The Labute approximate surface area is 101 Å². The Bertz CT molecular complexity index is 403. The molecular formula is C13H17NO3. The molecule has 2 unspecified atom stereocenters. The average molecular weight is 235 g/mol. The molecule has 2 rings (SSSR count). The van der Waals surface area contributed by atoms with Gasteiger partial charge in [0, 0.05) is 6.54 Å². The molecule has 1 aliphatic rings. The first-order chi connectivity index (χ1) is 8.18. The Kier molecular flexibility index (Phi) is 3.76. The van der Waals surface area contributed by atoms with E-state index in [9.17, 15) is 4.79 Å². The number of aliphatic hydroxyl groups excluding tert-OH is 1. The van der Waals surface area contributed by atoms with E-state index >= 15 is 0 Å². The van der Waals surface area contributed by atoms with Crippen LogP contribution in [0.5, 0.6) is 0 Å². The van der Waals surface area contributed by atoms with Crippen molar-refractivity contribution in [2.24, 2.45) is 0 Å². The van der Waals surface area contributed by atoms with E-state index in [-0.39, 0.29) is 12.5 Å². The third kappa shape index (κ3) is 2.84. The number of fused-ring (bicyclic) bond motifs is 1. The fourth-order valence-electron chi connectivity index (χ4n) is 1.95. The second-order valence-corrected chi connectivity index (χ2v) is 4.29. The molecule has 1 aromatic carbocycles. The van der Waals surface area contributed by atoms with E-state index in [2.05, 4.69) is 5.32 Å². The number of hydrogen-bond donors (Lipinski definition) is 2. The summed E-state index contributed by atoms with van der Waals surface area (Å²) in [4.78, 5) is 11.9. The van der Waals surface area contributed by atoms with Crippen LogP contribution in [0.15, 0.2) is 24.3 Å². The van der Waals surface area contributed by atoms with Crippen LogP contribution < -0.4 is 5.32 Å². The topological polar surface area (TPSA) is 58.6 Å². The summed E-state index contributed by atoms with van der Waals surface area (Å²) in [5.74, 6) is -0.182. The number of carbonyl (C=O) groups excluding carboxylic acids is 1. The first kappa shape index (κ1) is 12.1. The largest absolute Gasteiger partial charge is 0.392 e. The molecule has 0 spiro atoms. The summed E-state index contributed by atoms with van der Waals surface area (Å²) in [6.45, 7) is 2.45. The van der Waals surface area contributed by atoms with Crippen LogP contribution in [0.2, 0.25) is 0 Å². The van der Waals surface area contributed by atoms with Crippen LogP contribution in [0.1, 0.15) is 24.2 Å². The normalized spacial score (nSPS) is 20.5. The minimum absolute atomic E-state index is 0.182. The molecule has 4 nitrogen and oxygen atoms in total. The lowest BCUT2D eigenvalue weighted by Gasteiger charge is -2.25. The third-order valence-electron chi connectivity index (χ3n) is 2.80. The number of hydrogen-bond acceptors (Lipinski definition) is 3. The molecule has 0 bridgehead atoms. The van der Waals surface area contributed by atoms with Crippen molar-refractivity contribution in [2.45, 2.75) is 25.6 Å². The molecule has 1 aliphatic heterocycles. The van der Waals surface area contributed by atoms with Crippen molar-refractivity contribution in [3.63, 3.8) is 0 Å². The van der Waals surface area contributed by atoms with Gasteiger partial charge >= 0.3 is 0 Å². The zero-order valence-corrected chi connectivity index (χ0v) is 9.85. The van der Waals surface area contributed by atoms with Crippen LogP contribution in [-0.2, 0) is 16.0 Å². The highest BCUT2D eigenvalue weighted by molar-refractivity contribution is 5.82. The van der Waals surface area contributed by atoms with E-state index in [4.69, 9.17) is 9.84 Å². The Morgan fingerprint density at radius 2 is 2.35 bits per heavy atom. The molecule has 1 heterocycles. The summed E-state index contributed by atoms with van der Waals surface area (Å²) in [6.07, 6.45) is -0.243. The van der Waals surface area contributed by atoms with Crippen molar-refractivity contribution in [1.29, 1.82) is 0 Å². The quantitative estimate of drug-likeness (QED) is 0.814. The van der Waals surface area contributed by atoms with E-state index in [1.807, 2.05) is 24.3 Å². The van der Waals surface area contributed by atoms with Crippen LogP contribution in [0.4, 0.5) is 0 Å². The van der Waals surface area contributed by atoms with Gasteiger partial charge in [-0.15, -0.1) is 0 Å². The predicted octanol–water partition coefficient (Wildman–Crippen LogP) is 0.797. The number of ether oxygens (including phenoxy) is 1. The Hall–Kier alpha value is -1.39. The second kappa shape index (κ2) is 5.29. The predicted molar refractivity (Wildman–Crippen MR) is 63.5 cm³/mol. The first-order valence-electron chi connectivity index (χ1n) is 5.83. The zero-order valence-electron chi connectivity index (χ0n) is 9.85. The van der Waals surface area contributed by atoms with Gasteiger partial charge in [0.2, 0.25) is 0 Å². The van der Waals surface area contributed by atoms with Gasteiger partial charge in [-0.25, -0.2) is 0 Å². The van der Waals surface area contributed by atoms with E-state index < -0.39 is 12.2 Å². The number of nitrogens with one attached hydrogen (secondary N) is 1. The van der Waals surface area contributed by atoms with Gasteiger partial charge in [0.05, 0.1) is 12.7 Å². The fourth-order valence-corrected chi connectivity index (χ4v) is 1.95. The summed E-state index contributed by atoms with van der Waals surface area (Å²) in [6, 6.07) is 7.81. The van der Waals surface area contributed by atoms with E-state index in [0.717, 1.165) is 17.5 Å². The van der Waals surface area contributed by atoms with Crippen molar-refractivity contribution in [3.05, 3.63) is 35.4 Å². The van der Waals surface area contributed by atoms with Crippen molar-refractivity contribution < 1.29 is 14.6 Å². The van der Waals surface area contributed by atoms with Crippen molar-refractivity contribution >= 4 is 5.91 Å².